The van der Waals surface area contributed by atoms with Crippen molar-refractivity contribution in [2.45, 2.75) is 50.5 Å². The van der Waals surface area contributed by atoms with Crippen molar-refractivity contribution in [2.75, 3.05) is 6.61 Å². The van der Waals surface area contributed by atoms with Gasteiger partial charge in [-0.05, 0) is 43.2 Å². The van der Waals surface area contributed by atoms with Crippen molar-refractivity contribution in [3.8, 4) is 23.0 Å². The van der Waals surface area contributed by atoms with Crippen LogP contribution in [-0.2, 0) is 20.7 Å². The Labute approximate surface area is 194 Å². The van der Waals surface area contributed by atoms with Gasteiger partial charge in [-0.1, -0.05) is 12.1 Å². The molecule has 2 aromatic carbocycles. The van der Waals surface area contributed by atoms with Crippen LogP contribution in [0, 0.1) is 0 Å². The van der Waals surface area contributed by atoms with Crippen molar-refractivity contribution < 1.29 is 54.4 Å². The van der Waals surface area contributed by atoms with Crippen molar-refractivity contribution >= 4 is 11.8 Å². The minimum atomic E-state index is -1.71. The Morgan fingerprint density at radius 2 is 1.62 bits per heavy atom. The summed E-state index contributed by atoms with van der Waals surface area (Å²) in [6.45, 7) is 0.847. The number of rotatable bonds is 8. The number of phenolic OH excluding ortho intramolecular Hbond substituents is 3. The Kier molecular flexibility index (Phi) is 7.94. The number of hydrogen-bond acceptors (Lipinski definition) is 11. The van der Waals surface area contributed by atoms with Gasteiger partial charge in [-0.2, -0.15) is 0 Å². The van der Waals surface area contributed by atoms with E-state index in [1.807, 2.05) is 0 Å². The van der Waals surface area contributed by atoms with Gasteiger partial charge in [-0.25, -0.2) is 4.79 Å². The molecular weight excluding hydrogens is 452 g/mol. The summed E-state index contributed by atoms with van der Waals surface area (Å²) in [5.41, 5.74) is 0.526. The lowest BCUT2D eigenvalue weighted by Crippen LogP contribution is -2.61. The van der Waals surface area contributed by atoms with Gasteiger partial charge in [0.25, 0.3) is 0 Å². The number of carbonyl (C=O) groups excluding carboxylic acids is 2. The van der Waals surface area contributed by atoms with Crippen LogP contribution in [0.15, 0.2) is 36.4 Å². The molecule has 11 nitrogen and oxygen atoms in total. The first-order valence-corrected chi connectivity index (χ1v) is 10.4. The number of ether oxygens (including phenoxy) is 3. The van der Waals surface area contributed by atoms with E-state index in [0.717, 1.165) is 17.7 Å². The molecule has 6 N–H and O–H groups in total. The van der Waals surface area contributed by atoms with Crippen LogP contribution in [0.5, 0.6) is 23.0 Å². The number of carbonyl (C=O) groups is 2. The highest BCUT2D eigenvalue weighted by atomic mass is 16.7. The van der Waals surface area contributed by atoms with E-state index in [1.54, 1.807) is 24.3 Å². The maximum atomic E-state index is 12.6. The number of phenols is 3. The quantitative estimate of drug-likeness (QED) is 0.228. The second kappa shape index (κ2) is 10.7. The molecule has 0 spiro atoms. The van der Waals surface area contributed by atoms with Gasteiger partial charge in [0.15, 0.2) is 23.4 Å². The number of ketones is 1. The minimum Gasteiger partial charge on any atom is -0.504 e. The highest BCUT2D eigenvalue weighted by molar-refractivity contribution is 5.91. The molecule has 1 heterocycles. The lowest BCUT2D eigenvalue weighted by molar-refractivity contribution is -0.276. The van der Waals surface area contributed by atoms with Gasteiger partial charge in [-0.3, -0.25) is 0 Å². The number of aliphatic hydroxyl groups excluding tert-OH is 3. The molecule has 0 unspecified atom stereocenters. The molecule has 5 atom stereocenters. The molecule has 11 heteroatoms. The van der Waals surface area contributed by atoms with Crippen LogP contribution < -0.4 is 4.74 Å². The third-order valence-electron chi connectivity index (χ3n) is 5.31. The van der Waals surface area contributed by atoms with E-state index < -0.39 is 60.5 Å². The van der Waals surface area contributed by atoms with E-state index in [9.17, 15) is 40.2 Å². The molecule has 1 fully saturated rings. The largest absolute Gasteiger partial charge is 0.504 e. The van der Waals surface area contributed by atoms with Crippen LogP contribution >= 0.6 is 0 Å². The molecule has 34 heavy (non-hydrogen) atoms. The molecule has 1 aliphatic rings. The number of Topliss-reactive ketones (excluding diaryl/α,β-unsaturated/α-hetero) is 1. The van der Waals surface area contributed by atoms with E-state index in [2.05, 4.69) is 0 Å². The fourth-order valence-electron chi connectivity index (χ4n) is 3.38. The monoisotopic (exact) mass is 478 g/mol. The lowest BCUT2D eigenvalue weighted by Gasteiger charge is -2.41. The van der Waals surface area contributed by atoms with Crippen molar-refractivity contribution in [1.29, 1.82) is 0 Å². The van der Waals surface area contributed by atoms with Gasteiger partial charge in [0.1, 0.15) is 29.8 Å². The summed E-state index contributed by atoms with van der Waals surface area (Å²) in [5, 5.41) is 58.9. The van der Waals surface area contributed by atoms with Crippen LogP contribution in [0.4, 0.5) is 0 Å². The van der Waals surface area contributed by atoms with Gasteiger partial charge in [0.2, 0.25) is 6.29 Å². The molecule has 0 aromatic heterocycles. The third kappa shape index (κ3) is 5.75. The predicted octanol–water partition coefficient (Wildman–Crippen LogP) is 0.368. The van der Waals surface area contributed by atoms with Gasteiger partial charge in [0, 0.05) is 6.42 Å². The van der Waals surface area contributed by atoms with Crippen molar-refractivity contribution in [1.82, 2.24) is 0 Å². The molecule has 0 radical (unpaired) electrons. The zero-order valence-corrected chi connectivity index (χ0v) is 18.2. The summed E-state index contributed by atoms with van der Waals surface area (Å²) in [7, 11) is 0. The first-order valence-electron chi connectivity index (χ1n) is 10.4. The molecule has 0 bridgehead atoms. The number of aryl methyl sites for hydroxylation is 1. The van der Waals surface area contributed by atoms with E-state index in [0.29, 0.717) is 12.8 Å². The summed E-state index contributed by atoms with van der Waals surface area (Å²) < 4.78 is 16.5. The number of benzene rings is 2. The summed E-state index contributed by atoms with van der Waals surface area (Å²) in [5.74, 6) is -3.18. The Bertz CT molecular complexity index is 997. The molecule has 1 saturated heterocycles. The van der Waals surface area contributed by atoms with Gasteiger partial charge < -0.3 is 49.6 Å². The van der Waals surface area contributed by atoms with Crippen LogP contribution in [-0.4, -0.2) is 79.7 Å². The normalized spacial score (nSPS) is 24.4. The molecule has 1 aliphatic heterocycles. The van der Waals surface area contributed by atoms with Crippen LogP contribution in [0.25, 0.3) is 0 Å². The highest BCUT2D eigenvalue weighted by Crippen LogP contribution is 2.36. The van der Waals surface area contributed by atoms with Crippen LogP contribution in [0.2, 0.25) is 0 Å². The number of esters is 1. The van der Waals surface area contributed by atoms with E-state index in [1.165, 1.54) is 6.92 Å². The van der Waals surface area contributed by atoms with Gasteiger partial charge in [-0.15, -0.1) is 0 Å². The topological polar surface area (TPSA) is 183 Å². The van der Waals surface area contributed by atoms with Gasteiger partial charge in [0.05, 0.1) is 12.2 Å². The summed E-state index contributed by atoms with van der Waals surface area (Å²) >= 11 is 0. The summed E-state index contributed by atoms with van der Waals surface area (Å²) in [6, 6.07) is 8.29. The molecule has 0 saturated carbocycles. The van der Waals surface area contributed by atoms with Gasteiger partial charge >= 0.3 is 5.97 Å². The first kappa shape index (κ1) is 25.2. The predicted molar refractivity (Wildman–Crippen MR) is 114 cm³/mol. The molecule has 3 rings (SSSR count). The zero-order valence-electron chi connectivity index (χ0n) is 18.2. The number of aromatic hydroxyl groups is 3. The Morgan fingerprint density at radius 3 is 2.18 bits per heavy atom. The van der Waals surface area contributed by atoms with Crippen LogP contribution in [0.3, 0.4) is 0 Å². The molecule has 0 amide bonds. The number of hydrogen-bond donors (Lipinski definition) is 6. The van der Waals surface area contributed by atoms with E-state index in [4.69, 9.17) is 14.2 Å². The first-order chi connectivity index (χ1) is 16.1. The fraction of sp³-hybridized carbons (Fsp3) is 0.391. The highest BCUT2D eigenvalue weighted by Gasteiger charge is 2.48. The van der Waals surface area contributed by atoms with Crippen LogP contribution in [0.1, 0.15) is 29.3 Å². The van der Waals surface area contributed by atoms with Crippen molar-refractivity contribution in [3.63, 3.8) is 0 Å². The second-order valence-electron chi connectivity index (χ2n) is 7.90. The Hall–Kier alpha value is -3.38. The second-order valence-corrected chi connectivity index (χ2v) is 7.90. The van der Waals surface area contributed by atoms with E-state index in [-0.39, 0.29) is 17.1 Å². The number of aliphatic hydroxyl groups is 3. The Morgan fingerprint density at radius 1 is 1.00 bits per heavy atom. The molecule has 0 aliphatic carbocycles. The standard InChI is InChI=1S/C23H26O11/c1-11(25)2-3-12-4-6-14(7-5-12)32-23-21(20(30)19(29)17(10-24)33-23)34-22(31)13-8-15(26)18(28)16(27)9-13/h4-9,17,19-21,23-24,26-30H,2-3,10H2,1H3/t17-,19-,20+,21-,23+/m0/s1. The minimum absolute atomic E-state index is 0.0541. The summed E-state index contributed by atoms with van der Waals surface area (Å²) in [6.07, 6.45) is -6.64. The third-order valence-corrected chi connectivity index (χ3v) is 5.31. The fourth-order valence-corrected chi connectivity index (χ4v) is 3.38. The lowest BCUT2D eigenvalue weighted by atomic mass is 9.99. The molecule has 2 aromatic rings. The Balaban J connectivity index is 1.80. The maximum Gasteiger partial charge on any atom is 0.339 e. The van der Waals surface area contributed by atoms with Crippen molar-refractivity contribution in [2.24, 2.45) is 0 Å². The molecular formula is C23H26O11. The average Bonchev–Trinajstić information content (AvgIpc) is 2.81. The SMILES string of the molecule is CC(=O)CCc1ccc(O[C@@H]2O[C@@H](CO)[C@H](O)[C@@H](O)[C@@H]2OC(=O)c2cc(O)c(O)c(O)c2)cc1. The molecule has 184 valence electrons. The van der Waals surface area contributed by atoms with Crippen molar-refractivity contribution in [3.05, 3.63) is 47.5 Å². The van der Waals surface area contributed by atoms with E-state index >= 15 is 0 Å². The average molecular weight is 478 g/mol. The maximum absolute atomic E-state index is 12.6. The zero-order chi connectivity index (χ0) is 25.0. The summed E-state index contributed by atoms with van der Waals surface area (Å²) in [4.78, 5) is 23.8. The smallest absolute Gasteiger partial charge is 0.339 e.